The molecule has 0 unspecified atom stereocenters. The number of aliphatic carboxylic acids is 2. The van der Waals surface area contributed by atoms with Crippen LogP contribution in [0, 0.1) is 11.8 Å². The van der Waals surface area contributed by atoms with Gasteiger partial charge in [-0.05, 0) is 36.0 Å². The first-order valence-electron chi connectivity index (χ1n) is 8.08. The summed E-state index contributed by atoms with van der Waals surface area (Å²) in [6, 6.07) is 16.8. The zero-order valence-corrected chi connectivity index (χ0v) is 17.1. The van der Waals surface area contributed by atoms with Gasteiger partial charge >= 0.3 is 11.9 Å². The summed E-state index contributed by atoms with van der Waals surface area (Å²) in [5.41, 5.74) is 2.85. The molecule has 0 saturated heterocycles. The van der Waals surface area contributed by atoms with Gasteiger partial charge in [0.05, 0.1) is 11.8 Å². The molecule has 0 aliphatic rings. The molecule has 2 rings (SSSR count). The van der Waals surface area contributed by atoms with Crippen LogP contribution in [0.25, 0.3) is 0 Å². The third-order valence-corrected chi connectivity index (χ3v) is 4.31. The van der Waals surface area contributed by atoms with Crippen molar-refractivity contribution in [1.82, 2.24) is 0 Å². The van der Waals surface area contributed by atoms with Gasteiger partial charge in [0.15, 0.2) is 0 Å². The van der Waals surface area contributed by atoms with Gasteiger partial charge in [0.1, 0.15) is 0 Å². The molecule has 0 heterocycles. The van der Waals surface area contributed by atoms with Gasteiger partial charge in [-0.2, -0.15) is 0 Å². The van der Waals surface area contributed by atoms with Crippen molar-refractivity contribution >= 4 is 11.9 Å². The molecule has 5 heteroatoms. The van der Waals surface area contributed by atoms with E-state index in [4.69, 9.17) is 0 Å². The average molecular weight is 415 g/mol. The van der Waals surface area contributed by atoms with Crippen LogP contribution in [0.4, 0.5) is 0 Å². The van der Waals surface area contributed by atoms with Gasteiger partial charge in [-0.3, -0.25) is 9.59 Å². The molecule has 2 N–H and O–H groups in total. The largest absolute Gasteiger partial charge is 0.481 e. The fourth-order valence-electron chi connectivity index (χ4n) is 2.84. The summed E-state index contributed by atoms with van der Waals surface area (Å²) in [6.07, 6.45) is 1.33. The standard InChI is InChI=1S/C20H22O4.Y/c1-2-14-8-10-16(11-9-14)13-18(20(23)24)17(19(21)22)12-15-6-4-3-5-7-15;/h3-11,17-18H,2,12-13H2,1H3,(H,21,22)(H,23,24);/t17-,18-;/m0./s1. The van der Waals surface area contributed by atoms with E-state index in [2.05, 4.69) is 6.92 Å². The first-order chi connectivity index (χ1) is 11.5. The van der Waals surface area contributed by atoms with Gasteiger partial charge in [-0.1, -0.05) is 61.5 Å². The van der Waals surface area contributed by atoms with Crippen molar-refractivity contribution in [1.29, 1.82) is 0 Å². The van der Waals surface area contributed by atoms with Crippen molar-refractivity contribution in [2.45, 2.75) is 26.2 Å². The van der Waals surface area contributed by atoms with E-state index in [-0.39, 0.29) is 45.6 Å². The molecule has 0 spiro atoms. The first kappa shape index (κ1) is 21.5. The second-order valence-corrected chi connectivity index (χ2v) is 5.95. The van der Waals surface area contributed by atoms with Crippen molar-refractivity contribution in [3.05, 3.63) is 71.3 Å². The zero-order chi connectivity index (χ0) is 17.5. The average Bonchev–Trinajstić information content (AvgIpc) is 2.59. The van der Waals surface area contributed by atoms with E-state index in [1.165, 1.54) is 5.56 Å². The summed E-state index contributed by atoms with van der Waals surface area (Å²) in [6.45, 7) is 2.05. The zero-order valence-electron chi connectivity index (χ0n) is 14.3. The van der Waals surface area contributed by atoms with Crippen LogP contribution in [0.1, 0.15) is 23.6 Å². The van der Waals surface area contributed by atoms with Crippen LogP contribution in [0.15, 0.2) is 54.6 Å². The maximum atomic E-state index is 11.7. The van der Waals surface area contributed by atoms with Gasteiger partial charge in [-0.15, -0.1) is 0 Å². The molecule has 4 nitrogen and oxygen atoms in total. The minimum atomic E-state index is -1.07. The number of carbonyl (C=O) groups is 2. The molecule has 0 fully saturated rings. The van der Waals surface area contributed by atoms with E-state index in [0.29, 0.717) is 0 Å². The summed E-state index contributed by atoms with van der Waals surface area (Å²) in [4.78, 5) is 23.4. The Labute approximate surface area is 173 Å². The summed E-state index contributed by atoms with van der Waals surface area (Å²) < 4.78 is 0. The van der Waals surface area contributed by atoms with E-state index >= 15 is 0 Å². The maximum Gasteiger partial charge on any atom is 0.307 e. The van der Waals surface area contributed by atoms with Crippen LogP contribution >= 0.6 is 0 Å². The van der Waals surface area contributed by atoms with Crippen molar-refractivity contribution in [2.75, 3.05) is 0 Å². The Morgan fingerprint density at radius 2 is 1.16 bits per heavy atom. The molecule has 25 heavy (non-hydrogen) atoms. The fraction of sp³-hybridized carbons (Fsp3) is 0.300. The number of aryl methyl sites for hydroxylation is 1. The Balaban J connectivity index is 0.00000312. The topological polar surface area (TPSA) is 74.6 Å². The Morgan fingerprint density at radius 1 is 0.760 bits per heavy atom. The van der Waals surface area contributed by atoms with E-state index in [1.54, 1.807) is 0 Å². The van der Waals surface area contributed by atoms with Crippen molar-refractivity contribution in [3.8, 4) is 0 Å². The minimum absolute atomic E-state index is 0. The van der Waals surface area contributed by atoms with Gasteiger partial charge in [0, 0.05) is 32.7 Å². The normalized spacial score (nSPS) is 12.7. The van der Waals surface area contributed by atoms with Crippen LogP contribution in [0.2, 0.25) is 0 Å². The second kappa shape index (κ2) is 10.5. The molecule has 2 aromatic carbocycles. The molecule has 1 radical (unpaired) electrons. The van der Waals surface area contributed by atoms with E-state index in [0.717, 1.165) is 17.5 Å². The van der Waals surface area contributed by atoms with E-state index in [1.807, 2.05) is 54.6 Å². The summed E-state index contributed by atoms with van der Waals surface area (Å²) in [7, 11) is 0. The fourth-order valence-corrected chi connectivity index (χ4v) is 2.84. The number of rotatable bonds is 8. The summed E-state index contributed by atoms with van der Waals surface area (Å²) in [5.74, 6) is -4.07. The number of hydrogen-bond donors (Lipinski definition) is 2. The van der Waals surface area contributed by atoms with Crippen LogP contribution < -0.4 is 0 Å². The Bertz CT molecular complexity index is 683. The SMILES string of the molecule is CCc1ccc(C[C@H](C(=O)O)[C@H](Cc2ccccc2)C(=O)O)cc1.[Y]. The molecule has 129 valence electrons. The first-order valence-corrected chi connectivity index (χ1v) is 8.08. The molecule has 2 aromatic rings. The number of carboxylic acid groups (broad SMARTS) is 2. The van der Waals surface area contributed by atoms with Gasteiger partial charge in [0.2, 0.25) is 0 Å². The van der Waals surface area contributed by atoms with Crippen molar-refractivity contribution in [3.63, 3.8) is 0 Å². The smallest absolute Gasteiger partial charge is 0.307 e. The monoisotopic (exact) mass is 415 g/mol. The molecular formula is C20H22O4Y. The van der Waals surface area contributed by atoms with Crippen molar-refractivity contribution < 1.29 is 52.5 Å². The Morgan fingerprint density at radius 3 is 1.56 bits per heavy atom. The van der Waals surface area contributed by atoms with Crippen molar-refractivity contribution in [2.24, 2.45) is 11.8 Å². The molecule has 0 aliphatic heterocycles. The third-order valence-electron chi connectivity index (χ3n) is 4.31. The van der Waals surface area contributed by atoms with Crippen LogP contribution in [-0.4, -0.2) is 22.2 Å². The van der Waals surface area contributed by atoms with E-state index in [9.17, 15) is 19.8 Å². The molecule has 0 aliphatic carbocycles. The van der Waals surface area contributed by atoms with Crippen LogP contribution in [0.3, 0.4) is 0 Å². The van der Waals surface area contributed by atoms with E-state index < -0.39 is 23.8 Å². The Kier molecular flexibility index (Phi) is 9.01. The third kappa shape index (κ3) is 6.37. The van der Waals surface area contributed by atoms with Gasteiger partial charge < -0.3 is 10.2 Å². The second-order valence-electron chi connectivity index (χ2n) is 5.95. The number of carboxylic acids is 2. The maximum absolute atomic E-state index is 11.7. The molecule has 0 amide bonds. The molecule has 0 aromatic heterocycles. The Hall–Kier alpha value is -1.52. The predicted octanol–water partition coefficient (Wildman–Crippen LogP) is 3.43. The van der Waals surface area contributed by atoms with Gasteiger partial charge in [0.25, 0.3) is 0 Å². The quantitative estimate of drug-likeness (QED) is 0.693. The van der Waals surface area contributed by atoms with Gasteiger partial charge in [-0.25, -0.2) is 0 Å². The summed E-state index contributed by atoms with van der Waals surface area (Å²) >= 11 is 0. The molecule has 0 bridgehead atoms. The van der Waals surface area contributed by atoms with Crippen LogP contribution in [-0.2, 0) is 61.6 Å². The van der Waals surface area contributed by atoms with Crippen LogP contribution in [0.5, 0.6) is 0 Å². The molecular weight excluding hydrogens is 393 g/mol. The molecule has 0 saturated carbocycles. The number of hydrogen-bond acceptors (Lipinski definition) is 2. The minimum Gasteiger partial charge on any atom is -0.481 e. The number of benzene rings is 2. The molecule has 2 atom stereocenters. The summed E-state index contributed by atoms with van der Waals surface area (Å²) in [5, 5.41) is 19.1. The predicted molar refractivity (Wildman–Crippen MR) is 91.9 cm³/mol.